The van der Waals surface area contributed by atoms with E-state index >= 15 is 0 Å². The minimum absolute atomic E-state index is 0.00108. The molecule has 3 rings (SSSR count). The number of carbonyl (C=O) groups is 2. The Balaban J connectivity index is 1.84. The second kappa shape index (κ2) is 6.50. The van der Waals surface area contributed by atoms with Crippen LogP contribution in [0.4, 0.5) is 0 Å². The lowest BCUT2D eigenvalue weighted by Crippen LogP contribution is -2.35. The third kappa shape index (κ3) is 2.95. The maximum absolute atomic E-state index is 12.3. The van der Waals surface area contributed by atoms with Crippen molar-refractivity contribution in [2.45, 2.75) is 11.4 Å². The summed E-state index contributed by atoms with van der Waals surface area (Å²) in [6.07, 6.45) is 1.22. The van der Waals surface area contributed by atoms with Crippen molar-refractivity contribution in [2.24, 2.45) is 0 Å². The van der Waals surface area contributed by atoms with Crippen molar-refractivity contribution in [1.82, 2.24) is 13.8 Å². The number of amides is 2. The van der Waals surface area contributed by atoms with Crippen molar-refractivity contribution < 1.29 is 18.0 Å². The van der Waals surface area contributed by atoms with Crippen LogP contribution in [0.3, 0.4) is 0 Å². The second-order valence-electron chi connectivity index (χ2n) is 5.99. The van der Waals surface area contributed by atoms with Crippen molar-refractivity contribution in [3.8, 4) is 0 Å². The first-order valence-corrected chi connectivity index (χ1v) is 9.26. The van der Waals surface area contributed by atoms with Crippen molar-refractivity contribution >= 4 is 21.8 Å². The summed E-state index contributed by atoms with van der Waals surface area (Å²) in [6.45, 7) is -0.0290. The van der Waals surface area contributed by atoms with Crippen molar-refractivity contribution in [3.05, 3.63) is 64.1 Å². The monoisotopic (exact) mass is 375 g/mol. The minimum Gasteiger partial charge on any atom is -0.312 e. The molecule has 0 N–H and O–H groups in total. The van der Waals surface area contributed by atoms with E-state index < -0.39 is 27.4 Å². The number of benzene rings is 1. The molecule has 0 spiro atoms. The number of sulfonamides is 1. The third-order valence-electron chi connectivity index (χ3n) is 4.18. The SMILES string of the molecule is CN(C)S(=O)(=O)c1ccc(=O)n(CCN2C(=O)c3ccccc3C2=O)c1. The van der Waals surface area contributed by atoms with Gasteiger partial charge in [0.05, 0.1) is 16.0 Å². The molecule has 2 heterocycles. The predicted octanol–water partition coefficient (Wildman–Crippen LogP) is 0.395. The van der Waals surface area contributed by atoms with Gasteiger partial charge in [-0.05, 0) is 18.2 Å². The summed E-state index contributed by atoms with van der Waals surface area (Å²) in [5.74, 6) is -0.841. The quantitative estimate of drug-likeness (QED) is 0.705. The lowest BCUT2D eigenvalue weighted by atomic mass is 10.1. The van der Waals surface area contributed by atoms with Crippen LogP contribution in [0, 0.1) is 0 Å². The zero-order valence-electron chi connectivity index (χ0n) is 14.2. The van der Waals surface area contributed by atoms with Gasteiger partial charge >= 0.3 is 0 Å². The standard InChI is InChI=1S/C17H17N3O5S/c1-18(2)26(24,25)12-7-8-15(21)19(11-12)9-10-20-16(22)13-5-3-4-6-14(13)17(20)23/h3-8,11H,9-10H2,1-2H3. The molecule has 0 saturated carbocycles. The average Bonchev–Trinajstić information content (AvgIpc) is 2.85. The fourth-order valence-electron chi connectivity index (χ4n) is 2.70. The Morgan fingerprint density at radius 1 is 0.885 bits per heavy atom. The molecule has 0 unspecified atom stereocenters. The maximum atomic E-state index is 12.3. The van der Waals surface area contributed by atoms with Gasteiger partial charge in [-0.1, -0.05) is 12.1 Å². The third-order valence-corrected chi connectivity index (χ3v) is 5.98. The van der Waals surface area contributed by atoms with Crippen LogP contribution in [-0.2, 0) is 16.6 Å². The Morgan fingerprint density at radius 3 is 2.00 bits per heavy atom. The molecule has 136 valence electrons. The van der Waals surface area contributed by atoms with Gasteiger partial charge in [-0.25, -0.2) is 12.7 Å². The van der Waals surface area contributed by atoms with Gasteiger partial charge in [-0.2, -0.15) is 0 Å². The molecule has 1 aliphatic rings. The average molecular weight is 375 g/mol. The Kier molecular flexibility index (Phi) is 4.51. The van der Waals surface area contributed by atoms with Crippen LogP contribution < -0.4 is 5.56 Å². The smallest absolute Gasteiger partial charge is 0.261 e. The number of hydrogen-bond donors (Lipinski definition) is 0. The van der Waals surface area contributed by atoms with Crippen LogP contribution in [0.2, 0.25) is 0 Å². The minimum atomic E-state index is -3.69. The first-order valence-electron chi connectivity index (χ1n) is 7.82. The first kappa shape index (κ1) is 18.0. The summed E-state index contributed by atoms with van der Waals surface area (Å²) >= 11 is 0. The van der Waals surface area contributed by atoms with Crippen LogP contribution in [0.1, 0.15) is 20.7 Å². The number of pyridine rings is 1. The summed E-state index contributed by atoms with van der Waals surface area (Å²) in [4.78, 5) is 37.7. The molecule has 1 aromatic carbocycles. The molecule has 1 aliphatic heterocycles. The van der Waals surface area contributed by atoms with Gasteiger partial charge in [0.25, 0.3) is 17.4 Å². The highest BCUT2D eigenvalue weighted by atomic mass is 32.2. The zero-order chi connectivity index (χ0) is 19.1. The van der Waals surface area contributed by atoms with E-state index in [4.69, 9.17) is 0 Å². The van der Waals surface area contributed by atoms with E-state index in [1.807, 2.05) is 0 Å². The summed E-state index contributed by atoms with van der Waals surface area (Å²) < 4.78 is 26.6. The molecule has 0 aliphatic carbocycles. The van der Waals surface area contributed by atoms with E-state index in [0.29, 0.717) is 11.1 Å². The zero-order valence-corrected chi connectivity index (χ0v) is 15.1. The molecular formula is C17H17N3O5S. The van der Waals surface area contributed by atoms with Crippen LogP contribution in [0.5, 0.6) is 0 Å². The highest BCUT2D eigenvalue weighted by Crippen LogP contribution is 2.22. The lowest BCUT2D eigenvalue weighted by molar-refractivity contribution is 0.0648. The van der Waals surface area contributed by atoms with Crippen molar-refractivity contribution in [3.63, 3.8) is 0 Å². The predicted molar refractivity (Wildman–Crippen MR) is 93.4 cm³/mol. The first-order chi connectivity index (χ1) is 12.2. The number of rotatable bonds is 5. The molecule has 9 heteroatoms. The number of carbonyl (C=O) groups excluding carboxylic acids is 2. The van der Waals surface area contributed by atoms with Gasteiger partial charge in [0, 0.05) is 39.4 Å². The Hall–Kier alpha value is -2.78. The van der Waals surface area contributed by atoms with E-state index in [1.165, 1.54) is 30.9 Å². The van der Waals surface area contributed by atoms with E-state index in [-0.39, 0.29) is 18.0 Å². The van der Waals surface area contributed by atoms with Crippen LogP contribution in [0.25, 0.3) is 0 Å². The van der Waals surface area contributed by atoms with E-state index in [0.717, 1.165) is 15.3 Å². The molecule has 0 radical (unpaired) electrons. The second-order valence-corrected chi connectivity index (χ2v) is 8.14. The Labute approximate surface area is 150 Å². The fourth-order valence-corrected chi connectivity index (χ4v) is 3.62. The molecule has 2 aromatic rings. The van der Waals surface area contributed by atoms with Crippen LogP contribution in [0.15, 0.2) is 52.3 Å². The van der Waals surface area contributed by atoms with Gasteiger partial charge in [0.1, 0.15) is 0 Å². The number of hydrogen-bond acceptors (Lipinski definition) is 5. The van der Waals surface area contributed by atoms with Gasteiger partial charge in [0.15, 0.2) is 0 Å². The molecule has 2 amide bonds. The van der Waals surface area contributed by atoms with Gasteiger partial charge in [-0.15, -0.1) is 0 Å². The molecule has 0 bridgehead atoms. The fraction of sp³-hybridized carbons (Fsp3) is 0.235. The van der Waals surface area contributed by atoms with Gasteiger partial charge in [-0.3, -0.25) is 19.3 Å². The van der Waals surface area contributed by atoms with Crippen molar-refractivity contribution in [1.29, 1.82) is 0 Å². The van der Waals surface area contributed by atoms with Crippen LogP contribution >= 0.6 is 0 Å². The molecule has 1 aromatic heterocycles. The summed E-state index contributed by atoms with van der Waals surface area (Å²) in [5.41, 5.74) is 0.238. The molecular weight excluding hydrogens is 358 g/mol. The molecule has 0 saturated heterocycles. The topological polar surface area (TPSA) is 96.8 Å². The number of nitrogens with zero attached hydrogens (tertiary/aromatic N) is 3. The Morgan fingerprint density at radius 2 is 1.46 bits per heavy atom. The molecule has 0 fully saturated rings. The highest BCUT2D eigenvalue weighted by molar-refractivity contribution is 7.89. The van der Waals surface area contributed by atoms with Crippen LogP contribution in [-0.4, -0.2) is 54.6 Å². The van der Waals surface area contributed by atoms with E-state index in [1.54, 1.807) is 24.3 Å². The largest absolute Gasteiger partial charge is 0.312 e. The number of aromatic nitrogens is 1. The summed E-state index contributed by atoms with van der Waals surface area (Å²) in [6, 6.07) is 8.88. The van der Waals surface area contributed by atoms with E-state index in [2.05, 4.69) is 0 Å². The summed E-state index contributed by atoms with van der Waals surface area (Å²) in [7, 11) is -0.908. The highest BCUT2D eigenvalue weighted by Gasteiger charge is 2.34. The van der Waals surface area contributed by atoms with E-state index in [9.17, 15) is 22.8 Å². The number of fused-ring (bicyclic) bond motifs is 1. The Bertz CT molecular complexity index is 1020. The normalized spacial score (nSPS) is 14.2. The summed E-state index contributed by atoms with van der Waals surface area (Å²) in [5, 5.41) is 0. The molecule has 0 atom stereocenters. The molecule has 26 heavy (non-hydrogen) atoms. The lowest BCUT2D eigenvalue weighted by Gasteiger charge is -2.16. The maximum Gasteiger partial charge on any atom is 0.261 e. The van der Waals surface area contributed by atoms with Crippen molar-refractivity contribution in [2.75, 3.05) is 20.6 Å². The molecule has 8 nitrogen and oxygen atoms in total. The van der Waals surface area contributed by atoms with Gasteiger partial charge < -0.3 is 4.57 Å². The number of imide groups is 1. The van der Waals surface area contributed by atoms with Gasteiger partial charge in [0.2, 0.25) is 10.0 Å².